The molecule has 0 unspecified atom stereocenters. The van der Waals surface area contributed by atoms with Crippen molar-refractivity contribution in [2.24, 2.45) is 0 Å². The van der Waals surface area contributed by atoms with Crippen LogP contribution in [0.3, 0.4) is 0 Å². The Balaban J connectivity index is 2.12. The van der Waals surface area contributed by atoms with Crippen molar-refractivity contribution in [2.75, 3.05) is 12.4 Å². The number of nitro benzene ring substituents is 1. The zero-order chi connectivity index (χ0) is 18.4. The van der Waals surface area contributed by atoms with Crippen molar-refractivity contribution < 1.29 is 13.3 Å². The van der Waals surface area contributed by atoms with Gasteiger partial charge < -0.3 is 5.32 Å². The molecule has 0 radical (unpaired) electrons. The summed E-state index contributed by atoms with van der Waals surface area (Å²) in [4.78, 5) is 10.5. The summed E-state index contributed by atoms with van der Waals surface area (Å²) in [6, 6.07) is 12.9. The second-order valence-electron chi connectivity index (χ2n) is 5.23. The van der Waals surface area contributed by atoms with Crippen LogP contribution in [0.5, 0.6) is 0 Å². The molecule has 2 aromatic rings. The molecular weight excluding hydrogens is 344 g/mol. The number of nitrogens with zero attached hydrogens (tertiary/aromatic N) is 2. The standard InChI is InChI=1S/C16H16N4O4S/c1-18-25(23,24)11-13-4-2-12(3-5-13)10-19-15-8-14(9-17)6-7-16(15)20(21)22/h2-8,18-19H,10-11H2,1H3. The van der Waals surface area contributed by atoms with Gasteiger partial charge in [-0.15, -0.1) is 0 Å². The summed E-state index contributed by atoms with van der Waals surface area (Å²) in [5.41, 5.74) is 1.92. The number of hydrogen-bond acceptors (Lipinski definition) is 6. The molecule has 2 rings (SSSR count). The molecule has 0 aliphatic carbocycles. The Bertz CT molecular complexity index is 918. The van der Waals surface area contributed by atoms with E-state index in [-0.39, 0.29) is 17.1 Å². The lowest BCUT2D eigenvalue weighted by Crippen LogP contribution is -2.20. The Morgan fingerprint density at radius 3 is 2.36 bits per heavy atom. The molecule has 2 N–H and O–H groups in total. The third-order valence-electron chi connectivity index (χ3n) is 3.50. The number of sulfonamides is 1. The quantitative estimate of drug-likeness (QED) is 0.575. The maximum Gasteiger partial charge on any atom is 0.292 e. The first-order valence-corrected chi connectivity index (χ1v) is 8.91. The fourth-order valence-corrected chi connectivity index (χ4v) is 2.92. The van der Waals surface area contributed by atoms with E-state index in [4.69, 9.17) is 5.26 Å². The Hall–Kier alpha value is -2.96. The van der Waals surface area contributed by atoms with Gasteiger partial charge in [-0.05, 0) is 30.3 Å². The van der Waals surface area contributed by atoms with Crippen LogP contribution in [0.4, 0.5) is 11.4 Å². The molecule has 0 aliphatic heterocycles. The Labute approximate surface area is 145 Å². The van der Waals surface area contributed by atoms with E-state index in [0.717, 1.165) is 5.56 Å². The van der Waals surface area contributed by atoms with Gasteiger partial charge in [0.25, 0.3) is 5.69 Å². The summed E-state index contributed by atoms with van der Waals surface area (Å²) in [6.45, 7) is 0.300. The van der Waals surface area contributed by atoms with Crippen molar-refractivity contribution in [3.8, 4) is 6.07 Å². The van der Waals surface area contributed by atoms with Crippen LogP contribution < -0.4 is 10.0 Å². The summed E-state index contributed by atoms with van der Waals surface area (Å²) in [5.74, 6) is -0.118. The van der Waals surface area contributed by atoms with Gasteiger partial charge in [0.2, 0.25) is 10.0 Å². The Morgan fingerprint density at radius 1 is 1.16 bits per heavy atom. The molecule has 0 heterocycles. The van der Waals surface area contributed by atoms with Gasteiger partial charge in [0.15, 0.2) is 0 Å². The summed E-state index contributed by atoms with van der Waals surface area (Å²) >= 11 is 0. The number of nitrogens with one attached hydrogen (secondary N) is 2. The average Bonchev–Trinajstić information content (AvgIpc) is 2.60. The molecule has 130 valence electrons. The second-order valence-corrected chi connectivity index (χ2v) is 7.16. The number of benzene rings is 2. The molecule has 9 heteroatoms. The third-order valence-corrected chi connectivity index (χ3v) is 4.83. The topological polar surface area (TPSA) is 125 Å². The van der Waals surface area contributed by atoms with Crippen LogP contribution in [-0.2, 0) is 22.3 Å². The monoisotopic (exact) mass is 360 g/mol. The third kappa shape index (κ3) is 5.00. The number of anilines is 1. The van der Waals surface area contributed by atoms with E-state index in [1.807, 2.05) is 6.07 Å². The summed E-state index contributed by atoms with van der Waals surface area (Å²) in [6.07, 6.45) is 0. The zero-order valence-electron chi connectivity index (χ0n) is 13.4. The van der Waals surface area contributed by atoms with Crippen LogP contribution in [0.15, 0.2) is 42.5 Å². The highest BCUT2D eigenvalue weighted by molar-refractivity contribution is 7.88. The summed E-state index contributed by atoms with van der Waals surface area (Å²) < 4.78 is 25.3. The van der Waals surface area contributed by atoms with Gasteiger partial charge in [-0.25, -0.2) is 13.1 Å². The second kappa shape index (κ2) is 7.74. The van der Waals surface area contributed by atoms with Crippen molar-refractivity contribution in [3.05, 3.63) is 69.3 Å². The van der Waals surface area contributed by atoms with Crippen molar-refractivity contribution in [3.63, 3.8) is 0 Å². The minimum absolute atomic E-state index is 0.115. The van der Waals surface area contributed by atoms with E-state index in [0.29, 0.717) is 17.7 Å². The molecule has 0 fully saturated rings. The maximum atomic E-state index is 11.5. The van der Waals surface area contributed by atoms with Gasteiger partial charge in [0.1, 0.15) is 5.69 Å². The number of nitro groups is 1. The average molecular weight is 360 g/mol. The largest absolute Gasteiger partial charge is 0.375 e. The van der Waals surface area contributed by atoms with Crippen LogP contribution >= 0.6 is 0 Å². The van der Waals surface area contributed by atoms with E-state index in [1.54, 1.807) is 24.3 Å². The lowest BCUT2D eigenvalue weighted by Gasteiger charge is -2.09. The first-order valence-electron chi connectivity index (χ1n) is 7.26. The van der Waals surface area contributed by atoms with E-state index in [2.05, 4.69) is 10.0 Å². The van der Waals surface area contributed by atoms with Crippen LogP contribution in [0.1, 0.15) is 16.7 Å². The molecule has 0 amide bonds. The first kappa shape index (κ1) is 18.4. The van der Waals surface area contributed by atoms with Crippen molar-refractivity contribution in [1.82, 2.24) is 4.72 Å². The molecule has 0 bridgehead atoms. The van der Waals surface area contributed by atoms with Gasteiger partial charge >= 0.3 is 0 Å². The van der Waals surface area contributed by atoms with Crippen molar-refractivity contribution in [2.45, 2.75) is 12.3 Å². The highest BCUT2D eigenvalue weighted by Crippen LogP contribution is 2.25. The molecule has 0 aromatic heterocycles. The lowest BCUT2D eigenvalue weighted by molar-refractivity contribution is -0.384. The fourth-order valence-electron chi connectivity index (χ4n) is 2.15. The molecule has 2 aromatic carbocycles. The van der Waals surface area contributed by atoms with Crippen LogP contribution in [0.25, 0.3) is 0 Å². The smallest absolute Gasteiger partial charge is 0.292 e. The number of hydrogen-bond donors (Lipinski definition) is 2. The highest BCUT2D eigenvalue weighted by Gasteiger charge is 2.14. The summed E-state index contributed by atoms with van der Waals surface area (Å²) in [7, 11) is -1.98. The Morgan fingerprint density at radius 2 is 1.80 bits per heavy atom. The lowest BCUT2D eigenvalue weighted by atomic mass is 10.1. The minimum atomic E-state index is -3.33. The van der Waals surface area contributed by atoms with E-state index in [1.165, 1.54) is 25.2 Å². The first-order chi connectivity index (χ1) is 11.8. The highest BCUT2D eigenvalue weighted by atomic mass is 32.2. The summed E-state index contributed by atoms with van der Waals surface area (Å²) in [5, 5.41) is 22.9. The van der Waals surface area contributed by atoms with E-state index < -0.39 is 14.9 Å². The maximum absolute atomic E-state index is 11.5. The SMILES string of the molecule is CNS(=O)(=O)Cc1ccc(CNc2cc(C#N)ccc2[N+](=O)[O-])cc1. The molecule has 0 spiro atoms. The molecule has 0 saturated heterocycles. The van der Waals surface area contributed by atoms with Gasteiger partial charge in [0.05, 0.1) is 22.3 Å². The Kier molecular flexibility index (Phi) is 5.69. The van der Waals surface area contributed by atoms with Crippen LogP contribution in [-0.4, -0.2) is 20.4 Å². The van der Waals surface area contributed by atoms with E-state index >= 15 is 0 Å². The molecule has 0 saturated carbocycles. The minimum Gasteiger partial charge on any atom is -0.375 e. The fraction of sp³-hybridized carbons (Fsp3) is 0.188. The van der Waals surface area contributed by atoms with Crippen molar-refractivity contribution >= 4 is 21.4 Å². The predicted octanol–water partition coefficient (Wildman–Crippen LogP) is 2.13. The molecule has 0 atom stereocenters. The molecular formula is C16H16N4O4S. The van der Waals surface area contributed by atoms with Gasteiger partial charge in [-0.2, -0.15) is 5.26 Å². The number of rotatable bonds is 7. The van der Waals surface area contributed by atoms with Crippen molar-refractivity contribution in [1.29, 1.82) is 5.26 Å². The van der Waals surface area contributed by atoms with Gasteiger partial charge in [-0.1, -0.05) is 24.3 Å². The number of nitriles is 1. The molecule has 0 aliphatic rings. The molecule has 25 heavy (non-hydrogen) atoms. The van der Waals surface area contributed by atoms with Crippen LogP contribution in [0, 0.1) is 21.4 Å². The normalized spacial score (nSPS) is 10.9. The van der Waals surface area contributed by atoms with Crippen LogP contribution in [0.2, 0.25) is 0 Å². The van der Waals surface area contributed by atoms with Gasteiger partial charge in [-0.3, -0.25) is 10.1 Å². The zero-order valence-corrected chi connectivity index (χ0v) is 14.2. The molecule has 8 nitrogen and oxygen atoms in total. The van der Waals surface area contributed by atoms with E-state index in [9.17, 15) is 18.5 Å². The van der Waals surface area contributed by atoms with Gasteiger partial charge in [0, 0.05) is 12.6 Å². The predicted molar refractivity (Wildman–Crippen MR) is 93.3 cm³/mol.